The summed E-state index contributed by atoms with van der Waals surface area (Å²) in [6, 6.07) is 6.05. The Morgan fingerprint density at radius 3 is 2.22 bits per heavy atom. The van der Waals surface area contributed by atoms with E-state index in [9.17, 15) is 9.59 Å². The van der Waals surface area contributed by atoms with Gasteiger partial charge in [0.25, 0.3) is 0 Å². The van der Waals surface area contributed by atoms with Crippen molar-refractivity contribution in [2.45, 2.75) is 33.3 Å². The fourth-order valence-corrected chi connectivity index (χ4v) is 1.73. The summed E-state index contributed by atoms with van der Waals surface area (Å²) >= 11 is 0. The molecule has 0 aliphatic carbocycles. The summed E-state index contributed by atoms with van der Waals surface area (Å²) in [7, 11) is 0. The van der Waals surface area contributed by atoms with E-state index in [1.54, 1.807) is 52.2 Å². The number of hydrogen-bond acceptors (Lipinski definition) is 6. The standard InChI is InChI=1S/C17H18N2O4/c1-11-18-9-13(10-19-11)12-5-7-14(20)15(8-6-12)22-16(21)23-17(2,3)4/h5-10H,1-4H3. The number of aromatic nitrogens is 2. The van der Waals surface area contributed by atoms with E-state index in [0.29, 0.717) is 5.82 Å². The van der Waals surface area contributed by atoms with Gasteiger partial charge >= 0.3 is 6.16 Å². The number of nitrogens with zero attached hydrogens (tertiary/aromatic N) is 2. The van der Waals surface area contributed by atoms with Gasteiger partial charge in [-0.1, -0.05) is 12.1 Å². The van der Waals surface area contributed by atoms with Crippen LogP contribution in [-0.4, -0.2) is 21.7 Å². The minimum atomic E-state index is -0.916. The largest absolute Gasteiger partial charge is 0.514 e. The summed E-state index contributed by atoms with van der Waals surface area (Å²) in [5, 5.41) is 0. The fourth-order valence-electron chi connectivity index (χ4n) is 1.73. The van der Waals surface area contributed by atoms with Gasteiger partial charge in [-0.25, -0.2) is 14.8 Å². The van der Waals surface area contributed by atoms with E-state index in [1.165, 1.54) is 12.1 Å². The second-order valence-electron chi connectivity index (χ2n) is 5.94. The second kappa shape index (κ2) is 6.56. The molecule has 6 heteroatoms. The van der Waals surface area contributed by atoms with Crippen molar-refractivity contribution >= 4 is 6.16 Å². The van der Waals surface area contributed by atoms with Crippen molar-refractivity contribution in [1.82, 2.24) is 9.97 Å². The van der Waals surface area contributed by atoms with Crippen LogP contribution in [0.5, 0.6) is 5.75 Å². The third-order valence-electron chi connectivity index (χ3n) is 2.77. The van der Waals surface area contributed by atoms with Gasteiger partial charge in [0.15, 0.2) is 5.75 Å². The molecular formula is C17H18N2O4. The van der Waals surface area contributed by atoms with Crippen molar-refractivity contribution in [1.29, 1.82) is 0 Å². The van der Waals surface area contributed by atoms with Crippen LogP contribution >= 0.6 is 0 Å². The molecule has 6 nitrogen and oxygen atoms in total. The first-order valence-electron chi connectivity index (χ1n) is 7.09. The quantitative estimate of drug-likeness (QED) is 0.792. The summed E-state index contributed by atoms with van der Waals surface area (Å²) in [6.07, 6.45) is 2.41. The lowest BCUT2D eigenvalue weighted by Crippen LogP contribution is -2.26. The molecule has 0 aliphatic heterocycles. The Kier molecular flexibility index (Phi) is 4.74. The van der Waals surface area contributed by atoms with E-state index in [1.807, 2.05) is 0 Å². The van der Waals surface area contributed by atoms with Gasteiger partial charge in [0.05, 0.1) is 0 Å². The van der Waals surface area contributed by atoms with Crippen molar-refractivity contribution in [3.8, 4) is 16.9 Å². The maximum atomic E-state index is 12.0. The lowest BCUT2D eigenvalue weighted by Gasteiger charge is -2.18. The van der Waals surface area contributed by atoms with E-state index in [2.05, 4.69) is 9.97 Å². The van der Waals surface area contributed by atoms with E-state index >= 15 is 0 Å². The van der Waals surface area contributed by atoms with Gasteiger partial charge < -0.3 is 9.47 Å². The molecule has 2 aromatic rings. The molecule has 1 heterocycles. The zero-order valence-electron chi connectivity index (χ0n) is 13.5. The number of hydrogen-bond donors (Lipinski definition) is 0. The lowest BCUT2D eigenvalue weighted by molar-refractivity contribution is 0.0204. The molecule has 1 aromatic heterocycles. The molecule has 0 N–H and O–H groups in total. The van der Waals surface area contributed by atoms with Crippen molar-refractivity contribution < 1.29 is 14.3 Å². The Hall–Kier alpha value is -2.76. The van der Waals surface area contributed by atoms with E-state index in [-0.39, 0.29) is 5.75 Å². The Bertz CT molecular complexity index is 765. The predicted molar refractivity (Wildman–Crippen MR) is 85.3 cm³/mol. The molecule has 0 fully saturated rings. The summed E-state index contributed by atoms with van der Waals surface area (Å²) in [6.45, 7) is 6.93. The van der Waals surface area contributed by atoms with Gasteiger partial charge in [0.2, 0.25) is 5.43 Å². The maximum Gasteiger partial charge on any atom is 0.514 e. The predicted octanol–water partition coefficient (Wildman–Crippen LogP) is 3.13. The van der Waals surface area contributed by atoms with Gasteiger partial charge in [-0.2, -0.15) is 0 Å². The number of ether oxygens (including phenoxy) is 2. The molecule has 0 atom stereocenters. The highest BCUT2D eigenvalue weighted by Gasteiger charge is 2.18. The summed E-state index contributed by atoms with van der Waals surface area (Å²) < 4.78 is 10.0. The molecule has 120 valence electrons. The first-order chi connectivity index (χ1) is 10.7. The molecule has 0 saturated heterocycles. The molecule has 0 bridgehead atoms. The first kappa shape index (κ1) is 16.6. The SMILES string of the molecule is Cc1ncc(-c2ccc(OC(=O)OC(C)(C)C)c(=O)cc2)cn1. The highest BCUT2D eigenvalue weighted by atomic mass is 16.7. The molecule has 0 spiro atoms. The van der Waals surface area contributed by atoms with E-state index < -0.39 is 17.2 Å². The van der Waals surface area contributed by atoms with Crippen LogP contribution in [0, 0.1) is 6.92 Å². The van der Waals surface area contributed by atoms with E-state index in [4.69, 9.17) is 9.47 Å². The lowest BCUT2D eigenvalue weighted by atomic mass is 10.1. The van der Waals surface area contributed by atoms with Crippen molar-refractivity contribution in [3.63, 3.8) is 0 Å². The topological polar surface area (TPSA) is 78.4 Å². The summed E-state index contributed by atoms with van der Waals surface area (Å²) in [4.78, 5) is 31.9. The van der Waals surface area contributed by atoms with Crippen LogP contribution in [0.3, 0.4) is 0 Å². The first-order valence-corrected chi connectivity index (χ1v) is 7.09. The van der Waals surface area contributed by atoms with Crippen molar-refractivity contribution in [2.75, 3.05) is 0 Å². The molecule has 0 amide bonds. The zero-order valence-corrected chi connectivity index (χ0v) is 13.5. The normalized spacial score (nSPS) is 11.0. The smallest absolute Gasteiger partial charge is 0.428 e. The van der Waals surface area contributed by atoms with Crippen LogP contribution in [0.1, 0.15) is 26.6 Å². The fraction of sp³-hybridized carbons (Fsp3) is 0.294. The zero-order chi connectivity index (χ0) is 17.0. The monoisotopic (exact) mass is 314 g/mol. The second-order valence-corrected chi connectivity index (χ2v) is 5.94. The summed E-state index contributed by atoms with van der Waals surface area (Å²) in [5.41, 5.74) is 0.382. The molecule has 2 rings (SSSR count). The van der Waals surface area contributed by atoms with Crippen LogP contribution in [0.15, 0.2) is 41.5 Å². The molecule has 23 heavy (non-hydrogen) atoms. The van der Waals surface area contributed by atoms with Gasteiger partial charge in [0.1, 0.15) is 11.4 Å². The average Bonchev–Trinajstić information content (AvgIpc) is 2.61. The molecular weight excluding hydrogens is 296 g/mol. The minimum Gasteiger partial charge on any atom is -0.428 e. The third kappa shape index (κ3) is 4.88. The highest BCUT2D eigenvalue weighted by molar-refractivity contribution is 5.65. The van der Waals surface area contributed by atoms with Gasteiger partial charge in [-0.3, -0.25) is 4.79 Å². The summed E-state index contributed by atoms with van der Waals surface area (Å²) in [5.74, 6) is 0.561. The van der Waals surface area contributed by atoms with Gasteiger partial charge in [-0.15, -0.1) is 0 Å². The minimum absolute atomic E-state index is 0.0986. The molecule has 0 aliphatic rings. The van der Waals surface area contributed by atoms with Crippen molar-refractivity contribution in [2.24, 2.45) is 0 Å². The molecule has 0 unspecified atom stereocenters. The number of aryl methyl sites for hydroxylation is 1. The van der Waals surface area contributed by atoms with E-state index in [0.717, 1.165) is 11.1 Å². The average molecular weight is 314 g/mol. The van der Waals surface area contributed by atoms with Gasteiger partial charge in [0, 0.05) is 18.0 Å². The number of rotatable bonds is 2. The third-order valence-corrected chi connectivity index (χ3v) is 2.77. The Morgan fingerprint density at radius 1 is 1.00 bits per heavy atom. The van der Waals surface area contributed by atoms with Crippen LogP contribution in [-0.2, 0) is 4.74 Å². The maximum absolute atomic E-state index is 12.0. The van der Waals surface area contributed by atoms with Crippen LogP contribution in [0.25, 0.3) is 11.1 Å². The highest BCUT2D eigenvalue weighted by Crippen LogP contribution is 2.17. The number of carbonyl (C=O) groups is 1. The van der Waals surface area contributed by atoms with Gasteiger partial charge in [-0.05, 0) is 45.4 Å². The Balaban J connectivity index is 2.27. The van der Waals surface area contributed by atoms with Crippen LogP contribution in [0.4, 0.5) is 4.79 Å². The molecule has 0 radical (unpaired) electrons. The van der Waals surface area contributed by atoms with Crippen LogP contribution < -0.4 is 10.2 Å². The number of carbonyl (C=O) groups excluding carboxylic acids is 1. The molecule has 0 saturated carbocycles. The molecule has 1 aromatic carbocycles. The Labute approximate surface area is 134 Å². The van der Waals surface area contributed by atoms with Crippen LogP contribution in [0.2, 0.25) is 0 Å². The van der Waals surface area contributed by atoms with Crippen molar-refractivity contribution in [3.05, 3.63) is 52.7 Å². The Morgan fingerprint density at radius 2 is 1.61 bits per heavy atom.